The maximum atomic E-state index is 5.58. The smallest absolute Gasteiger partial charge is 0.257 e. The molecule has 4 nitrogen and oxygen atoms in total. The second kappa shape index (κ2) is 15.9. The van der Waals surface area contributed by atoms with Crippen LogP contribution in [0.3, 0.4) is 0 Å². The Morgan fingerprint density at radius 3 is 2.08 bits per heavy atom. The van der Waals surface area contributed by atoms with Gasteiger partial charge in [-0.2, -0.15) is 4.98 Å². The van der Waals surface area contributed by atoms with E-state index in [9.17, 15) is 0 Å². The number of hydrogen-bond acceptors (Lipinski definition) is 4. The minimum Gasteiger partial charge on any atom is -0.334 e. The van der Waals surface area contributed by atoms with Crippen LogP contribution in [0.25, 0.3) is 22.6 Å². The lowest BCUT2D eigenvalue weighted by Gasteiger charge is -2.07. The Balaban J connectivity index is 1.15. The van der Waals surface area contributed by atoms with Crippen LogP contribution in [0.5, 0.6) is 0 Å². The monoisotopic (exact) mass is 509 g/mol. The summed E-state index contributed by atoms with van der Waals surface area (Å²) in [6.07, 6.45) is 13.8. The molecule has 38 heavy (non-hydrogen) atoms. The molecular formula is C34H43N3O. The molecule has 0 saturated carbocycles. The lowest BCUT2D eigenvalue weighted by atomic mass is 10.0. The topological polar surface area (TPSA) is 51.0 Å². The highest BCUT2D eigenvalue weighted by Gasteiger charge is 2.09. The van der Waals surface area contributed by atoms with Crippen LogP contribution in [-0.2, 0) is 19.4 Å². The predicted octanol–water partition coefficient (Wildman–Crippen LogP) is 8.81. The molecule has 4 rings (SSSR count). The molecule has 0 aliphatic carbocycles. The van der Waals surface area contributed by atoms with E-state index in [0.29, 0.717) is 5.89 Å². The summed E-state index contributed by atoms with van der Waals surface area (Å²) in [5.41, 5.74) is 6.08. The molecule has 1 aromatic heterocycles. The Morgan fingerprint density at radius 1 is 0.632 bits per heavy atom. The van der Waals surface area contributed by atoms with Crippen molar-refractivity contribution in [3.63, 3.8) is 0 Å². The molecule has 4 heteroatoms. The molecule has 0 atom stereocenters. The summed E-state index contributed by atoms with van der Waals surface area (Å²) in [6, 6.07) is 27.8. The quantitative estimate of drug-likeness (QED) is 0.144. The molecule has 0 bridgehead atoms. The van der Waals surface area contributed by atoms with E-state index in [1.807, 2.05) is 6.07 Å². The second-order valence-corrected chi connectivity index (χ2v) is 10.3. The number of rotatable bonds is 17. The maximum Gasteiger partial charge on any atom is 0.257 e. The van der Waals surface area contributed by atoms with Gasteiger partial charge >= 0.3 is 0 Å². The van der Waals surface area contributed by atoms with Crippen molar-refractivity contribution in [2.45, 2.75) is 84.1 Å². The van der Waals surface area contributed by atoms with Gasteiger partial charge in [0.25, 0.3) is 5.89 Å². The van der Waals surface area contributed by atoms with E-state index in [0.717, 1.165) is 43.7 Å². The van der Waals surface area contributed by atoms with E-state index in [4.69, 9.17) is 4.52 Å². The van der Waals surface area contributed by atoms with E-state index >= 15 is 0 Å². The summed E-state index contributed by atoms with van der Waals surface area (Å²) < 4.78 is 5.58. The highest BCUT2D eigenvalue weighted by molar-refractivity contribution is 5.63. The number of benzene rings is 3. The first kappa shape index (κ1) is 27.8. The van der Waals surface area contributed by atoms with Gasteiger partial charge in [0.15, 0.2) is 5.82 Å². The number of nitrogens with zero attached hydrogens (tertiary/aromatic N) is 2. The number of hydrogen-bond donors (Lipinski definition) is 1. The SMILES string of the molecule is CCCCCCCCCCCc1noc(-c2cccc(CNCCc3ccc(-c4ccccc4)cc3)c2)n1. The molecule has 3 aromatic carbocycles. The normalized spacial score (nSPS) is 11.2. The summed E-state index contributed by atoms with van der Waals surface area (Å²) in [5.74, 6) is 1.45. The molecule has 1 heterocycles. The molecule has 0 fully saturated rings. The second-order valence-electron chi connectivity index (χ2n) is 10.3. The first-order valence-electron chi connectivity index (χ1n) is 14.6. The fourth-order valence-electron chi connectivity index (χ4n) is 4.84. The van der Waals surface area contributed by atoms with Crippen molar-refractivity contribution in [3.05, 3.63) is 95.8 Å². The Hall–Kier alpha value is -3.24. The third kappa shape index (κ3) is 9.25. The predicted molar refractivity (Wildman–Crippen MR) is 158 cm³/mol. The molecule has 200 valence electrons. The zero-order valence-corrected chi connectivity index (χ0v) is 23.0. The highest BCUT2D eigenvalue weighted by Crippen LogP contribution is 2.21. The van der Waals surface area contributed by atoms with Gasteiger partial charge in [-0.3, -0.25) is 0 Å². The summed E-state index contributed by atoms with van der Waals surface area (Å²) in [6.45, 7) is 4.01. The van der Waals surface area contributed by atoms with E-state index in [-0.39, 0.29) is 0 Å². The molecule has 0 spiro atoms. The maximum absolute atomic E-state index is 5.58. The summed E-state index contributed by atoms with van der Waals surface area (Å²) >= 11 is 0. The van der Waals surface area contributed by atoms with Crippen LogP contribution < -0.4 is 5.32 Å². The van der Waals surface area contributed by atoms with Gasteiger partial charge < -0.3 is 9.84 Å². The van der Waals surface area contributed by atoms with Crippen molar-refractivity contribution in [1.29, 1.82) is 0 Å². The van der Waals surface area contributed by atoms with Gasteiger partial charge in [0.05, 0.1) is 0 Å². The molecule has 0 amide bonds. The van der Waals surface area contributed by atoms with Crippen LogP contribution in [-0.4, -0.2) is 16.7 Å². The lowest BCUT2D eigenvalue weighted by Crippen LogP contribution is -2.16. The van der Waals surface area contributed by atoms with Gasteiger partial charge in [-0.1, -0.05) is 130 Å². The van der Waals surface area contributed by atoms with Crippen molar-refractivity contribution in [2.75, 3.05) is 6.54 Å². The van der Waals surface area contributed by atoms with Crippen LogP contribution in [0.15, 0.2) is 83.4 Å². The van der Waals surface area contributed by atoms with Crippen molar-refractivity contribution < 1.29 is 4.52 Å². The minimum atomic E-state index is 0.622. The molecule has 0 aliphatic heterocycles. The Bertz CT molecular complexity index is 1180. The van der Waals surface area contributed by atoms with E-state index in [1.165, 1.54) is 73.6 Å². The first-order chi connectivity index (χ1) is 18.8. The summed E-state index contributed by atoms with van der Waals surface area (Å²) in [7, 11) is 0. The Labute approximate surface area is 228 Å². The average molecular weight is 510 g/mol. The van der Waals surface area contributed by atoms with Crippen LogP contribution in [0.4, 0.5) is 0 Å². The fraction of sp³-hybridized carbons (Fsp3) is 0.412. The van der Waals surface area contributed by atoms with Crippen LogP contribution >= 0.6 is 0 Å². The summed E-state index contributed by atoms with van der Waals surface area (Å²) in [4.78, 5) is 4.66. The number of nitrogens with one attached hydrogen (secondary N) is 1. The third-order valence-electron chi connectivity index (χ3n) is 7.13. The van der Waals surface area contributed by atoms with Gasteiger partial charge in [-0.05, 0) is 53.8 Å². The largest absolute Gasteiger partial charge is 0.334 e. The van der Waals surface area contributed by atoms with Crippen molar-refractivity contribution in [3.8, 4) is 22.6 Å². The van der Waals surface area contributed by atoms with Gasteiger partial charge in [-0.25, -0.2) is 0 Å². The Kier molecular flexibility index (Phi) is 11.6. The molecule has 0 unspecified atom stereocenters. The molecule has 1 N–H and O–H groups in total. The van der Waals surface area contributed by atoms with Gasteiger partial charge in [-0.15, -0.1) is 0 Å². The van der Waals surface area contributed by atoms with Gasteiger partial charge in [0.1, 0.15) is 0 Å². The lowest BCUT2D eigenvalue weighted by molar-refractivity contribution is 0.420. The zero-order valence-electron chi connectivity index (χ0n) is 23.0. The van der Waals surface area contributed by atoms with E-state index < -0.39 is 0 Å². The highest BCUT2D eigenvalue weighted by atomic mass is 16.5. The fourth-order valence-corrected chi connectivity index (χ4v) is 4.84. The Morgan fingerprint density at radius 2 is 1.32 bits per heavy atom. The molecule has 4 aromatic rings. The summed E-state index contributed by atoms with van der Waals surface area (Å²) in [5, 5.41) is 7.80. The van der Waals surface area contributed by atoms with Crippen LogP contribution in [0, 0.1) is 0 Å². The van der Waals surface area contributed by atoms with Crippen molar-refractivity contribution in [1.82, 2.24) is 15.5 Å². The molecule has 0 radical (unpaired) electrons. The molecule has 0 aliphatic rings. The van der Waals surface area contributed by atoms with E-state index in [2.05, 4.69) is 95.2 Å². The average Bonchev–Trinajstić information content (AvgIpc) is 3.45. The molecule has 0 saturated heterocycles. The van der Waals surface area contributed by atoms with E-state index in [1.54, 1.807) is 0 Å². The van der Waals surface area contributed by atoms with Crippen LogP contribution in [0.2, 0.25) is 0 Å². The van der Waals surface area contributed by atoms with Crippen molar-refractivity contribution in [2.24, 2.45) is 0 Å². The van der Waals surface area contributed by atoms with Gasteiger partial charge in [0.2, 0.25) is 0 Å². The number of aromatic nitrogens is 2. The van der Waals surface area contributed by atoms with Crippen LogP contribution in [0.1, 0.15) is 81.7 Å². The van der Waals surface area contributed by atoms with Gasteiger partial charge in [0, 0.05) is 18.5 Å². The zero-order chi connectivity index (χ0) is 26.3. The standard InChI is InChI=1S/C34H43N3O/c1-2-3-4-5-6-7-8-9-13-19-33-36-34(38-37-33)32-18-14-15-29(26-32)27-35-25-24-28-20-22-31(23-21-28)30-16-11-10-12-17-30/h10-12,14-18,20-23,26,35H,2-9,13,19,24-25,27H2,1H3. The molecular weight excluding hydrogens is 466 g/mol. The minimum absolute atomic E-state index is 0.622. The number of aryl methyl sites for hydroxylation is 1. The number of unbranched alkanes of at least 4 members (excludes halogenated alkanes) is 8. The van der Waals surface area contributed by atoms with Crippen molar-refractivity contribution >= 4 is 0 Å². The first-order valence-corrected chi connectivity index (χ1v) is 14.6. The third-order valence-corrected chi connectivity index (χ3v) is 7.13.